The molecule has 0 saturated heterocycles. The number of hydrogen-bond acceptors (Lipinski definition) is 2. The van der Waals surface area contributed by atoms with E-state index in [4.69, 9.17) is 9.97 Å². The van der Waals surface area contributed by atoms with Gasteiger partial charge in [-0.2, -0.15) is 0 Å². The van der Waals surface area contributed by atoms with Crippen molar-refractivity contribution in [2.45, 2.75) is 0 Å². The summed E-state index contributed by atoms with van der Waals surface area (Å²) in [6.45, 7) is 0. The smallest absolute Gasteiger partial charge is 0.160 e. The van der Waals surface area contributed by atoms with Crippen LogP contribution in [0, 0.1) is 0 Å². The first kappa shape index (κ1) is 28.8. The Bertz CT molecular complexity index is 3170. The Balaban J connectivity index is 1.23. The van der Waals surface area contributed by atoms with Crippen molar-refractivity contribution in [3.05, 3.63) is 182 Å². The fourth-order valence-electron chi connectivity index (χ4n) is 8.27. The summed E-state index contributed by atoms with van der Waals surface area (Å²) in [4.78, 5) is 10.3. The second kappa shape index (κ2) is 11.2. The maximum absolute atomic E-state index is 5.21. The molecule has 11 rings (SSSR count). The van der Waals surface area contributed by atoms with E-state index < -0.39 is 0 Å². The highest BCUT2D eigenvalue weighted by Gasteiger charge is 2.22. The lowest BCUT2D eigenvalue weighted by Gasteiger charge is -2.12. The summed E-state index contributed by atoms with van der Waals surface area (Å²) in [5, 5.41) is 8.53. The summed E-state index contributed by atoms with van der Waals surface area (Å²) in [5.74, 6) is 0.707. The summed E-state index contributed by atoms with van der Waals surface area (Å²) in [5.41, 5.74) is 10.8. The van der Waals surface area contributed by atoms with Crippen molar-refractivity contribution >= 4 is 65.3 Å². The molecule has 0 fully saturated rings. The summed E-state index contributed by atoms with van der Waals surface area (Å²) in [6, 6.07) is 64.8. The Kier molecular flexibility index (Phi) is 6.22. The van der Waals surface area contributed by atoms with Crippen LogP contribution in [-0.4, -0.2) is 19.1 Å². The number of rotatable bonds is 4. The van der Waals surface area contributed by atoms with E-state index in [1.54, 1.807) is 0 Å². The van der Waals surface area contributed by atoms with Gasteiger partial charge in [-0.25, -0.2) is 9.97 Å². The van der Waals surface area contributed by atoms with Gasteiger partial charge in [0, 0.05) is 49.4 Å². The zero-order chi connectivity index (χ0) is 34.2. The van der Waals surface area contributed by atoms with E-state index in [-0.39, 0.29) is 0 Å². The molecule has 4 nitrogen and oxygen atoms in total. The van der Waals surface area contributed by atoms with Crippen molar-refractivity contribution in [3.63, 3.8) is 0 Å². The molecule has 3 heterocycles. The summed E-state index contributed by atoms with van der Waals surface area (Å²) in [6.07, 6.45) is 0. The second-order valence-electron chi connectivity index (χ2n) is 13.4. The summed E-state index contributed by atoms with van der Waals surface area (Å²) in [7, 11) is 0. The first-order valence-electron chi connectivity index (χ1n) is 17.7. The predicted octanol–water partition coefficient (Wildman–Crippen LogP) is 12.3. The Morgan fingerprint density at radius 1 is 0.346 bits per heavy atom. The molecule has 0 atom stereocenters. The van der Waals surface area contributed by atoms with Crippen LogP contribution in [0.2, 0.25) is 0 Å². The average molecular weight is 663 g/mol. The van der Waals surface area contributed by atoms with E-state index in [1.807, 2.05) is 12.1 Å². The van der Waals surface area contributed by atoms with Crippen molar-refractivity contribution in [3.8, 4) is 34.0 Å². The van der Waals surface area contributed by atoms with Crippen molar-refractivity contribution in [2.24, 2.45) is 0 Å². The Morgan fingerprint density at radius 2 is 0.923 bits per heavy atom. The summed E-state index contributed by atoms with van der Waals surface area (Å²) < 4.78 is 4.83. The maximum Gasteiger partial charge on any atom is 0.160 e. The molecule has 11 aromatic rings. The van der Waals surface area contributed by atoms with Crippen LogP contribution >= 0.6 is 0 Å². The van der Waals surface area contributed by atoms with E-state index in [0.29, 0.717) is 5.82 Å². The highest BCUT2D eigenvalue weighted by Crippen LogP contribution is 2.44. The molecule has 0 amide bonds. The number of aromatic nitrogens is 4. The van der Waals surface area contributed by atoms with Gasteiger partial charge in [0.15, 0.2) is 5.82 Å². The first-order valence-corrected chi connectivity index (χ1v) is 17.7. The number of nitrogens with zero attached hydrogens (tertiary/aromatic N) is 4. The van der Waals surface area contributed by atoms with Crippen molar-refractivity contribution < 1.29 is 0 Å². The molecular formula is C48H30N4. The average Bonchev–Trinajstić information content (AvgIpc) is 3.74. The first-order chi connectivity index (χ1) is 25.8. The topological polar surface area (TPSA) is 35.6 Å². The SMILES string of the molecule is c1ccc(-c2nc(-c3cccc(-n4c5ccc6ccccc6c5c5c6c7ccccc7n(-c7ccccc7)c6ccc54)c3)nc3ccccc23)cc1. The van der Waals surface area contributed by atoms with E-state index in [9.17, 15) is 0 Å². The van der Waals surface area contributed by atoms with Crippen LogP contribution in [0.15, 0.2) is 182 Å². The summed E-state index contributed by atoms with van der Waals surface area (Å²) >= 11 is 0. The van der Waals surface area contributed by atoms with Gasteiger partial charge in [0.1, 0.15) is 0 Å². The van der Waals surface area contributed by atoms with Gasteiger partial charge >= 0.3 is 0 Å². The van der Waals surface area contributed by atoms with Gasteiger partial charge in [-0.3, -0.25) is 0 Å². The molecule has 8 aromatic carbocycles. The molecule has 0 aliphatic carbocycles. The van der Waals surface area contributed by atoms with Crippen LogP contribution < -0.4 is 0 Å². The molecule has 0 radical (unpaired) electrons. The Labute approximate surface area is 299 Å². The maximum atomic E-state index is 5.21. The fourth-order valence-corrected chi connectivity index (χ4v) is 8.27. The molecule has 0 aliphatic rings. The van der Waals surface area contributed by atoms with Gasteiger partial charge < -0.3 is 9.13 Å². The van der Waals surface area contributed by atoms with Crippen LogP contribution in [0.1, 0.15) is 0 Å². The van der Waals surface area contributed by atoms with Crippen LogP contribution in [0.3, 0.4) is 0 Å². The van der Waals surface area contributed by atoms with Gasteiger partial charge in [0.2, 0.25) is 0 Å². The molecule has 3 aromatic heterocycles. The standard InChI is InChI=1S/C48H30N4/c1-3-15-32(16-4-1)47-37-22-9-11-24-39(37)49-48(50-47)33-17-13-20-35(30-33)52-41-27-26-31-14-7-8-21-36(31)44(41)46-43(52)29-28-42-45(46)38-23-10-12-25-40(38)51(42)34-18-5-2-6-19-34/h1-30H. The monoisotopic (exact) mass is 662 g/mol. The van der Waals surface area contributed by atoms with E-state index >= 15 is 0 Å². The molecule has 0 spiro atoms. The molecule has 0 bridgehead atoms. The molecule has 0 saturated carbocycles. The van der Waals surface area contributed by atoms with Crippen molar-refractivity contribution in [1.29, 1.82) is 0 Å². The Hall–Kier alpha value is -7.04. The fraction of sp³-hybridized carbons (Fsp3) is 0. The van der Waals surface area contributed by atoms with E-state index in [1.165, 1.54) is 48.9 Å². The third-order valence-electron chi connectivity index (χ3n) is 10.5. The van der Waals surface area contributed by atoms with Gasteiger partial charge in [0.25, 0.3) is 0 Å². The zero-order valence-corrected chi connectivity index (χ0v) is 28.1. The number of hydrogen-bond donors (Lipinski definition) is 0. The van der Waals surface area contributed by atoms with Crippen LogP contribution in [0.25, 0.3) is 99.3 Å². The van der Waals surface area contributed by atoms with Crippen molar-refractivity contribution in [2.75, 3.05) is 0 Å². The van der Waals surface area contributed by atoms with Gasteiger partial charge in [-0.1, -0.05) is 127 Å². The third-order valence-corrected chi connectivity index (χ3v) is 10.5. The number of fused-ring (bicyclic) bond motifs is 10. The van der Waals surface area contributed by atoms with Gasteiger partial charge in [-0.15, -0.1) is 0 Å². The van der Waals surface area contributed by atoms with Crippen LogP contribution in [0.5, 0.6) is 0 Å². The van der Waals surface area contributed by atoms with Gasteiger partial charge in [-0.05, 0) is 65.4 Å². The molecule has 4 heteroatoms. The minimum Gasteiger partial charge on any atom is -0.309 e. The molecule has 0 aliphatic heterocycles. The predicted molar refractivity (Wildman–Crippen MR) is 217 cm³/mol. The number of benzene rings is 8. The van der Waals surface area contributed by atoms with Crippen molar-refractivity contribution in [1.82, 2.24) is 19.1 Å². The minimum atomic E-state index is 0.707. The second-order valence-corrected chi connectivity index (χ2v) is 13.4. The third kappa shape index (κ3) is 4.21. The number of para-hydroxylation sites is 3. The van der Waals surface area contributed by atoms with Crippen LogP contribution in [-0.2, 0) is 0 Å². The quantitative estimate of drug-likeness (QED) is 0.188. The largest absolute Gasteiger partial charge is 0.309 e. The van der Waals surface area contributed by atoms with Gasteiger partial charge in [0.05, 0.1) is 33.3 Å². The molecule has 0 unspecified atom stereocenters. The minimum absolute atomic E-state index is 0.707. The lowest BCUT2D eigenvalue weighted by atomic mass is 10.0. The highest BCUT2D eigenvalue weighted by molar-refractivity contribution is 6.33. The van der Waals surface area contributed by atoms with E-state index in [0.717, 1.165) is 44.6 Å². The molecule has 52 heavy (non-hydrogen) atoms. The van der Waals surface area contributed by atoms with E-state index in [2.05, 4.69) is 179 Å². The normalized spacial score (nSPS) is 11.8. The highest BCUT2D eigenvalue weighted by atomic mass is 15.0. The van der Waals surface area contributed by atoms with Crippen LogP contribution in [0.4, 0.5) is 0 Å². The zero-order valence-electron chi connectivity index (χ0n) is 28.1. The molecule has 0 N–H and O–H groups in total. The lowest BCUT2D eigenvalue weighted by molar-refractivity contribution is 1.17. The molecule has 242 valence electrons. The Morgan fingerprint density at radius 3 is 1.75 bits per heavy atom. The molecular weight excluding hydrogens is 633 g/mol. The lowest BCUT2D eigenvalue weighted by Crippen LogP contribution is -1.98.